The first kappa shape index (κ1) is 23.6. The van der Waals surface area contributed by atoms with E-state index in [4.69, 9.17) is 4.74 Å². The van der Waals surface area contributed by atoms with E-state index in [0.29, 0.717) is 37.9 Å². The fourth-order valence-electron chi connectivity index (χ4n) is 4.85. The standard InChI is InChI=1S/C25H29NO6S/c1-17-13-20(5-6-23(17)21-4-2-3-18(14-21)16-27)19-7-10-26(11-8-19)33(30,31)24-15-22(25(28)29)9-12-32-24/h2-6,13-14,16,19,22,24H,7-12,15H2,1H3,(H,28,29). The highest BCUT2D eigenvalue weighted by atomic mass is 32.2. The van der Waals surface area contributed by atoms with Crippen LogP contribution in [-0.2, 0) is 19.6 Å². The molecule has 0 aromatic heterocycles. The first-order valence-corrected chi connectivity index (χ1v) is 12.8. The normalized spacial score (nSPS) is 22.7. The number of rotatable bonds is 6. The van der Waals surface area contributed by atoms with E-state index in [9.17, 15) is 23.1 Å². The minimum absolute atomic E-state index is 0.00353. The highest BCUT2D eigenvalue weighted by molar-refractivity contribution is 7.89. The maximum Gasteiger partial charge on any atom is 0.306 e. The Morgan fingerprint density at radius 1 is 1.12 bits per heavy atom. The van der Waals surface area contributed by atoms with Gasteiger partial charge in [-0.3, -0.25) is 9.59 Å². The Morgan fingerprint density at radius 3 is 2.55 bits per heavy atom. The Hall–Kier alpha value is -2.55. The Morgan fingerprint density at radius 2 is 1.88 bits per heavy atom. The summed E-state index contributed by atoms with van der Waals surface area (Å²) in [5, 5.41) is 9.25. The lowest BCUT2D eigenvalue weighted by Crippen LogP contribution is -2.46. The summed E-state index contributed by atoms with van der Waals surface area (Å²) >= 11 is 0. The third kappa shape index (κ3) is 5.03. The fourth-order valence-corrected chi connectivity index (χ4v) is 6.64. The molecule has 2 saturated heterocycles. The maximum atomic E-state index is 13.0. The molecule has 4 rings (SSSR count). The highest BCUT2D eigenvalue weighted by Crippen LogP contribution is 2.34. The van der Waals surface area contributed by atoms with Crippen LogP contribution in [0.3, 0.4) is 0 Å². The average molecular weight is 472 g/mol. The second kappa shape index (κ2) is 9.75. The van der Waals surface area contributed by atoms with Crippen LogP contribution in [-0.4, -0.2) is 55.2 Å². The zero-order valence-electron chi connectivity index (χ0n) is 18.6. The van der Waals surface area contributed by atoms with Crippen molar-refractivity contribution in [3.8, 4) is 11.1 Å². The van der Waals surface area contributed by atoms with Crippen molar-refractivity contribution in [2.45, 2.75) is 44.0 Å². The smallest absolute Gasteiger partial charge is 0.306 e. The summed E-state index contributed by atoms with van der Waals surface area (Å²) in [5.41, 5.74) is 3.93. The summed E-state index contributed by atoms with van der Waals surface area (Å²) in [4.78, 5) is 22.4. The number of hydrogen-bond acceptors (Lipinski definition) is 5. The van der Waals surface area contributed by atoms with E-state index in [0.717, 1.165) is 23.0 Å². The van der Waals surface area contributed by atoms with E-state index in [-0.39, 0.29) is 18.9 Å². The molecule has 7 nitrogen and oxygen atoms in total. The molecule has 0 radical (unpaired) electrons. The van der Waals surface area contributed by atoms with Crippen molar-refractivity contribution < 1.29 is 27.9 Å². The number of aliphatic carboxylic acids is 1. The van der Waals surface area contributed by atoms with E-state index in [1.165, 1.54) is 9.87 Å². The molecule has 0 bridgehead atoms. The predicted octanol–water partition coefficient (Wildman–Crippen LogP) is 3.82. The average Bonchev–Trinajstić information content (AvgIpc) is 2.84. The van der Waals surface area contributed by atoms with Crippen molar-refractivity contribution in [3.63, 3.8) is 0 Å². The molecule has 0 spiro atoms. The van der Waals surface area contributed by atoms with Crippen molar-refractivity contribution in [1.82, 2.24) is 4.31 Å². The number of sulfonamides is 1. The molecule has 2 atom stereocenters. The van der Waals surface area contributed by atoms with Crippen LogP contribution in [0.4, 0.5) is 0 Å². The van der Waals surface area contributed by atoms with E-state index in [2.05, 4.69) is 18.2 Å². The molecule has 2 aromatic rings. The molecule has 33 heavy (non-hydrogen) atoms. The van der Waals surface area contributed by atoms with Crippen LogP contribution < -0.4 is 0 Å². The van der Waals surface area contributed by atoms with Gasteiger partial charge in [-0.1, -0.05) is 36.4 Å². The topological polar surface area (TPSA) is 101 Å². The minimum atomic E-state index is -3.70. The molecule has 2 aliphatic heterocycles. The quantitative estimate of drug-likeness (QED) is 0.643. The molecule has 2 aliphatic rings. The number of carboxylic acid groups (broad SMARTS) is 1. The van der Waals surface area contributed by atoms with Gasteiger partial charge in [-0.25, -0.2) is 8.42 Å². The lowest BCUT2D eigenvalue weighted by atomic mass is 9.87. The highest BCUT2D eigenvalue weighted by Gasteiger charge is 2.40. The van der Waals surface area contributed by atoms with Crippen LogP contribution in [0, 0.1) is 12.8 Å². The van der Waals surface area contributed by atoms with Crippen LogP contribution in [0.25, 0.3) is 11.1 Å². The second-order valence-corrected chi connectivity index (χ2v) is 11.0. The number of carbonyl (C=O) groups excluding carboxylic acids is 1. The second-order valence-electron chi connectivity index (χ2n) is 8.90. The SMILES string of the molecule is Cc1cc(C2CCN(S(=O)(=O)C3CC(C(=O)O)CCO3)CC2)ccc1-c1cccc(C=O)c1. The molecule has 8 heteroatoms. The van der Waals surface area contributed by atoms with Gasteiger partial charge in [-0.2, -0.15) is 4.31 Å². The van der Waals surface area contributed by atoms with Crippen molar-refractivity contribution >= 4 is 22.3 Å². The van der Waals surface area contributed by atoms with E-state index < -0.39 is 27.3 Å². The van der Waals surface area contributed by atoms with Gasteiger partial charge in [0.15, 0.2) is 5.44 Å². The van der Waals surface area contributed by atoms with Crippen molar-refractivity contribution in [3.05, 3.63) is 59.2 Å². The zero-order valence-corrected chi connectivity index (χ0v) is 19.5. The van der Waals surface area contributed by atoms with Gasteiger partial charge in [0.25, 0.3) is 0 Å². The Bertz CT molecular complexity index is 1140. The lowest BCUT2D eigenvalue weighted by Gasteiger charge is -2.36. The van der Waals surface area contributed by atoms with Crippen LogP contribution in [0.15, 0.2) is 42.5 Å². The number of carbonyl (C=O) groups is 2. The van der Waals surface area contributed by atoms with Gasteiger partial charge < -0.3 is 9.84 Å². The first-order valence-electron chi connectivity index (χ1n) is 11.3. The number of aldehydes is 1. The van der Waals surface area contributed by atoms with Gasteiger partial charge in [-0.15, -0.1) is 0 Å². The summed E-state index contributed by atoms with van der Waals surface area (Å²) in [6.07, 6.45) is 2.60. The summed E-state index contributed by atoms with van der Waals surface area (Å²) in [6, 6.07) is 13.8. The molecular formula is C25H29NO6S. The number of benzene rings is 2. The van der Waals surface area contributed by atoms with Gasteiger partial charge in [0.2, 0.25) is 10.0 Å². The van der Waals surface area contributed by atoms with Crippen LogP contribution >= 0.6 is 0 Å². The molecule has 2 unspecified atom stereocenters. The predicted molar refractivity (Wildman–Crippen MR) is 125 cm³/mol. The summed E-state index contributed by atoms with van der Waals surface area (Å²) < 4.78 is 33.0. The van der Waals surface area contributed by atoms with Gasteiger partial charge >= 0.3 is 5.97 Å². The lowest BCUT2D eigenvalue weighted by molar-refractivity contribution is -0.145. The van der Waals surface area contributed by atoms with Gasteiger partial charge in [0, 0.05) is 31.7 Å². The minimum Gasteiger partial charge on any atom is -0.481 e. The number of piperidine rings is 1. The summed E-state index contributed by atoms with van der Waals surface area (Å²) in [6.45, 7) is 2.99. The summed E-state index contributed by atoms with van der Waals surface area (Å²) in [5.74, 6) is -1.39. The van der Waals surface area contributed by atoms with Crippen molar-refractivity contribution in [1.29, 1.82) is 0 Å². The number of aryl methyl sites for hydroxylation is 1. The molecule has 1 N–H and O–H groups in total. The molecule has 2 heterocycles. The molecule has 2 aromatic carbocycles. The van der Waals surface area contributed by atoms with E-state index in [1.54, 1.807) is 6.07 Å². The van der Waals surface area contributed by atoms with Crippen LogP contribution in [0.5, 0.6) is 0 Å². The number of carboxylic acids is 1. The molecule has 176 valence electrons. The van der Waals surface area contributed by atoms with Gasteiger partial charge in [0.05, 0.1) is 5.92 Å². The van der Waals surface area contributed by atoms with Crippen LogP contribution in [0.1, 0.15) is 53.1 Å². The third-order valence-corrected chi connectivity index (χ3v) is 8.88. The molecule has 0 saturated carbocycles. The Balaban J connectivity index is 1.43. The van der Waals surface area contributed by atoms with Crippen molar-refractivity contribution in [2.24, 2.45) is 5.92 Å². The number of hydrogen-bond donors (Lipinski definition) is 1. The Labute approximate surface area is 194 Å². The number of ether oxygens (including phenoxy) is 1. The van der Waals surface area contributed by atoms with E-state index >= 15 is 0 Å². The third-order valence-electron chi connectivity index (χ3n) is 6.80. The monoisotopic (exact) mass is 471 g/mol. The zero-order chi connectivity index (χ0) is 23.6. The van der Waals surface area contributed by atoms with Crippen LogP contribution in [0.2, 0.25) is 0 Å². The molecule has 2 fully saturated rings. The number of nitrogens with zero attached hydrogens (tertiary/aromatic N) is 1. The molecular weight excluding hydrogens is 442 g/mol. The largest absolute Gasteiger partial charge is 0.481 e. The first-order chi connectivity index (χ1) is 15.8. The maximum absolute atomic E-state index is 13.0. The molecule has 0 amide bonds. The fraction of sp³-hybridized carbons (Fsp3) is 0.440. The molecule has 0 aliphatic carbocycles. The van der Waals surface area contributed by atoms with Gasteiger partial charge in [0.1, 0.15) is 6.29 Å². The van der Waals surface area contributed by atoms with Crippen molar-refractivity contribution in [2.75, 3.05) is 19.7 Å². The Kier molecular flexibility index (Phi) is 6.97. The van der Waals surface area contributed by atoms with E-state index in [1.807, 2.05) is 25.1 Å². The summed E-state index contributed by atoms with van der Waals surface area (Å²) in [7, 11) is -3.70. The van der Waals surface area contributed by atoms with Gasteiger partial charge in [-0.05, 0) is 60.4 Å².